The number of nitrogens with one attached hydrogen (secondary N) is 2. The Hall–Kier alpha value is -1.71. The zero-order valence-electron chi connectivity index (χ0n) is 11.0. The summed E-state index contributed by atoms with van der Waals surface area (Å²) in [4.78, 5) is 40.1. The van der Waals surface area contributed by atoms with Crippen LogP contribution in [0.25, 0.3) is 11.5 Å². The molecule has 0 radical (unpaired) electrons. The summed E-state index contributed by atoms with van der Waals surface area (Å²) < 4.78 is 0. The van der Waals surface area contributed by atoms with E-state index in [2.05, 4.69) is 0 Å². The molecule has 10 nitrogen and oxygen atoms in total. The normalized spacial score (nSPS) is 11.9. The van der Waals surface area contributed by atoms with Crippen molar-refractivity contribution in [3.8, 4) is 0 Å². The number of carboxylic acid groups (broad SMARTS) is 2. The molecular formula is C10H18N4NiO6. The van der Waals surface area contributed by atoms with Crippen molar-refractivity contribution in [2.75, 3.05) is 0 Å². The monoisotopic (exact) mass is 348 g/mol. The predicted octanol–water partition coefficient (Wildman–Crippen LogP) is -0.488. The second kappa shape index (κ2) is 13.3. The third kappa shape index (κ3) is 18.3. The summed E-state index contributed by atoms with van der Waals surface area (Å²) in [6.07, 6.45) is -0.101. The van der Waals surface area contributed by atoms with Crippen LogP contribution in [0, 0.1) is 0 Å². The van der Waals surface area contributed by atoms with Crippen molar-refractivity contribution < 1.29 is 45.9 Å². The van der Waals surface area contributed by atoms with Crippen molar-refractivity contribution in [1.29, 1.82) is 0 Å². The minimum atomic E-state index is -1.23. The van der Waals surface area contributed by atoms with Crippen LogP contribution in [0.5, 0.6) is 0 Å². The smallest absolute Gasteiger partial charge is 0.665 e. The average molecular weight is 349 g/mol. The fraction of sp³-hybridized carbons (Fsp3) is 0.600. The third-order valence-electron chi connectivity index (χ3n) is 1.96. The van der Waals surface area contributed by atoms with E-state index in [4.69, 9.17) is 33.1 Å². The Morgan fingerprint density at radius 2 is 1.05 bits per heavy atom. The Bertz CT molecular complexity index is 331. The fourth-order valence-corrected chi connectivity index (χ4v) is 0.820. The van der Waals surface area contributed by atoms with E-state index in [0.29, 0.717) is 0 Å². The maximum atomic E-state index is 10.1. The van der Waals surface area contributed by atoms with E-state index in [9.17, 15) is 19.2 Å². The van der Waals surface area contributed by atoms with Crippen LogP contribution >= 0.6 is 0 Å². The second-order valence-corrected chi connectivity index (χ2v) is 3.79. The molecule has 0 aliphatic rings. The molecule has 0 aliphatic heterocycles. The van der Waals surface area contributed by atoms with Crippen molar-refractivity contribution in [2.24, 2.45) is 11.5 Å². The van der Waals surface area contributed by atoms with Gasteiger partial charge < -0.3 is 33.1 Å². The molecule has 0 fully saturated rings. The maximum Gasteiger partial charge on any atom is 2.00 e. The Morgan fingerprint density at radius 3 is 1.19 bits per heavy atom. The maximum absolute atomic E-state index is 10.1. The molecule has 0 rings (SSSR count). The zero-order chi connectivity index (χ0) is 16.3. The van der Waals surface area contributed by atoms with Gasteiger partial charge in [-0.1, -0.05) is 12.8 Å². The molecule has 2 atom stereocenters. The Kier molecular flexibility index (Phi) is 15.4. The molecule has 11 heteroatoms. The van der Waals surface area contributed by atoms with E-state index in [1.54, 1.807) is 0 Å². The standard InChI is InChI=1S/2C5H9N2O3.Ni/c2*6-3(5(9)10)1-2-4(7)8;/h2*3,6H,1-2H2,(H2,7,8)(H,9,10);/q2*-1;+2. The van der Waals surface area contributed by atoms with Crippen LogP contribution in [-0.4, -0.2) is 46.0 Å². The van der Waals surface area contributed by atoms with E-state index in [1.807, 2.05) is 0 Å². The largest absolute Gasteiger partial charge is 2.00 e. The molecule has 0 aromatic heterocycles. The number of hydrogen-bond acceptors (Lipinski definition) is 4. The van der Waals surface area contributed by atoms with E-state index in [0.717, 1.165) is 0 Å². The molecule has 124 valence electrons. The fourth-order valence-electron chi connectivity index (χ4n) is 0.820. The number of carbonyl (C=O) groups excluding carboxylic acids is 2. The number of hydrogen-bond donors (Lipinski definition) is 4. The number of primary amides is 2. The molecule has 21 heavy (non-hydrogen) atoms. The van der Waals surface area contributed by atoms with Gasteiger partial charge in [0.05, 0.1) is 0 Å². The Labute approximate surface area is 131 Å². The van der Waals surface area contributed by atoms with Gasteiger partial charge in [-0.15, -0.1) is 0 Å². The minimum absolute atomic E-state index is 0. The Morgan fingerprint density at radius 1 is 0.810 bits per heavy atom. The van der Waals surface area contributed by atoms with Crippen LogP contribution < -0.4 is 11.5 Å². The van der Waals surface area contributed by atoms with E-state index < -0.39 is 35.8 Å². The van der Waals surface area contributed by atoms with Crippen molar-refractivity contribution in [2.45, 2.75) is 37.8 Å². The molecule has 2 unspecified atom stereocenters. The summed E-state index contributed by atoms with van der Waals surface area (Å²) in [5, 5.41) is 16.3. The van der Waals surface area contributed by atoms with Gasteiger partial charge in [-0.3, -0.25) is 19.2 Å². The summed E-state index contributed by atoms with van der Waals surface area (Å²) in [6.45, 7) is 0. The number of rotatable bonds is 8. The molecule has 8 N–H and O–H groups in total. The second-order valence-electron chi connectivity index (χ2n) is 3.79. The molecule has 0 spiro atoms. The van der Waals surface area contributed by atoms with Crippen LogP contribution in [0.15, 0.2) is 0 Å². The average Bonchev–Trinajstić information content (AvgIpc) is 2.33. The molecule has 0 aromatic rings. The van der Waals surface area contributed by atoms with Gasteiger partial charge in [0.2, 0.25) is 11.8 Å². The van der Waals surface area contributed by atoms with E-state index in [1.165, 1.54) is 0 Å². The third-order valence-corrected chi connectivity index (χ3v) is 1.96. The van der Waals surface area contributed by atoms with Gasteiger partial charge in [-0.05, 0) is 12.1 Å². The summed E-state index contributed by atoms with van der Waals surface area (Å²) in [5.41, 5.74) is 23.1. The molecule has 0 saturated heterocycles. The number of amides is 2. The van der Waals surface area contributed by atoms with Gasteiger partial charge in [0.25, 0.3) is 11.9 Å². The molecule has 2 amide bonds. The number of carboxylic acids is 2. The van der Waals surface area contributed by atoms with Crippen LogP contribution in [0.3, 0.4) is 0 Å². The number of aliphatic carboxylic acids is 2. The first-order chi connectivity index (χ1) is 9.07. The molecule has 0 heterocycles. The van der Waals surface area contributed by atoms with Crippen LogP contribution in [0.1, 0.15) is 25.7 Å². The van der Waals surface area contributed by atoms with Crippen molar-refractivity contribution in [3.63, 3.8) is 0 Å². The predicted molar refractivity (Wildman–Crippen MR) is 68.3 cm³/mol. The molecule has 0 aromatic carbocycles. The zero-order valence-corrected chi connectivity index (χ0v) is 12.0. The first-order valence-corrected chi connectivity index (χ1v) is 5.52. The summed E-state index contributed by atoms with van der Waals surface area (Å²) >= 11 is 0. The van der Waals surface area contributed by atoms with Gasteiger partial charge in [0.1, 0.15) is 0 Å². The summed E-state index contributed by atoms with van der Waals surface area (Å²) in [7, 11) is 0. The first-order valence-electron chi connectivity index (χ1n) is 5.52. The SMILES string of the molecule is [NH-]C(CCC(N)=O)C(=O)O.[NH-]C(CCC(N)=O)C(=O)O.[Ni+2]. The van der Waals surface area contributed by atoms with Crippen LogP contribution in [0.4, 0.5) is 0 Å². The number of carbonyl (C=O) groups is 4. The van der Waals surface area contributed by atoms with Crippen molar-refractivity contribution in [3.05, 3.63) is 11.5 Å². The van der Waals surface area contributed by atoms with Gasteiger partial charge in [0, 0.05) is 12.8 Å². The molecular weight excluding hydrogens is 331 g/mol. The molecule has 0 saturated carbocycles. The van der Waals surface area contributed by atoms with Crippen molar-refractivity contribution >= 4 is 23.8 Å². The molecule has 0 aliphatic carbocycles. The van der Waals surface area contributed by atoms with Crippen LogP contribution in [-0.2, 0) is 35.7 Å². The van der Waals surface area contributed by atoms with Gasteiger partial charge in [0.15, 0.2) is 0 Å². The summed E-state index contributed by atoms with van der Waals surface area (Å²) in [5.74, 6) is -3.58. The van der Waals surface area contributed by atoms with E-state index >= 15 is 0 Å². The van der Waals surface area contributed by atoms with Gasteiger partial charge >= 0.3 is 16.5 Å². The summed E-state index contributed by atoms with van der Waals surface area (Å²) in [6, 6.07) is -2.46. The van der Waals surface area contributed by atoms with Gasteiger partial charge in [-0.2, -0.15) is 0 Å². The molecule has 0 bridgehead atoms. The van der Waals surface area contributed by atoms with Crippen LogP contribution in [0.2, 0.25) is 0 Å². The minimum Gasteiger partial charge on any atom is -0.665 e. The Balaban J connectivity index is -0.000000295. The first kappa shape index (κ1) is 24.3. The van der Waals surface area contributed by atoms with E-state index in [-0.39, 0.29) is 42.2 Å². The number of nitrogens with two attached hydrogens (primary N) is 2. The van der Waals surface area contributed by atoms with Crippen molar-refractivity contribution in [1.82, 2.24) is 0 Å². The quantitative estimate of drug-likeness (QED) is 0.425. The van der Waals surface area contributed by atoms with Gasteiger partial charge in [-0.25, -0.2) is 0 Å². The topological polar surface area (TPSA) is 208 Å².